The third kappa shape index (κ3) is 1.76. The van der Waals surface area contributed by atoms with Crippen LogP contribution in [-0.4, -0.2) is 49.7 Å². The Bertz CT molecular complexity index is 605. The van der Waals surface area contributed by atoms with Gasteiger partial charge in [0.2, 0.25) is 0 Å². The van der Waals surface area contributed by atoms with Gasteiger partial charge in [0, 0.05) is 6.20 Å². The van der Waals surface area contributed by atoms with Crippen LogP contribution in [0.1, 0.15) is 6.23 Å². The van der Waals surface area contributed by atoms with Gasteiger partial charge in [-0.3, -0.25) is 0 Å². The predicted molar refractivity (Wildman–Crippen MR) is 63.8 cm³/mol. The van der Waals surface area contributed by atoms with Crippen LogP contribution in [0, 0.1) is 0 Å². The largest absolute Gasteiger partial charge is 0.394 e. The van der Waals surface area contributed by atoms with Crippen LogP contribution in [0.15, 0.2) is 18.6 Å². The molecule has 1 saturated heterocycles. The summed E-state index contributed by atoms with van der Waals surface area (Å²) in [7, 11) is 0. The van der Waals surface area contributed by atoms with E-state index >= 15 is 0 Å². The van der Waals surface area contributed by atoms with Gasteiger partial charge in [-0.2, -0.15) is 0 Å². The molecular formula is C11H13FN4O3. The molecule has 0 amide bonds. The fourth-order valence-electron chi connectivity index (χ4n) is 2.27. The lowest BCUT2D eigenvalue weighted by Gasteiger charge is -2.16. The molecule has 1 aliphatic rings. The van der Waals surface area contributed by atoms with Gasteiger partial charge < -0.3 is 25.3 Å². The van der Waals surface area contributed by atoms with Crippen molar-refractivity contribution in [2.24, 2.45) is 0 Å². The Kier molecular flexibility index (Phi) is 2.85. The van der Waals surface area contributed by atoms with Gasteiger partial charge in [0.15, 0.2) is 18.2 Å². The van der Waals surface area contributed by atoms with Gasteiger partial charge in [0.05, 0.1) is 18.5 Å². The van der Waals surface area contributed by atoms with E-state index in [9.17, 15) is 9.50 Å². The van der Waals surface area contributed by atoms with Crippen molar-refractivity contribution in [3.05, 3.63) is 18.6 Å². The molecule has 102 valence electrons. The van der Waals surface area contributed by atoms with Gasteiger partial charge in [-0.25, -0.2) is 14.4 Å². The second-order valence-corrected chi connectivity index (χ2v) is 4.40. The Morgan fingerprint density at radius 3 is 2.95 bits per heavy atom. The summed E-state index contributed by atoms with van der Waals surface area (Å²) >= 11 is 0. The summed E-state index contributed by atoms with van der Waals surface area (Å²) in [6.07, 6.45) is -2.11. The van der Waals surface area contributed by atoms with E-state index in [0.29, 0.717) is 11.0 Å². The highest BCUT2D eigenvalue weighted by molar-refractivity contribution is 5.84. The Balaban J connectivity index is 2.04. The molecule has 0 saturated carbocycles. The van der Waals surface area contributed by atoms with Crippen molar-refractivity contribution in [3.63, 3.8) is 0 Å². The van der Waals surface area contributed by atoms with Crippen molar-refractivity contribution in [3.8, 4) is 0 Å². The molecule has 2 aromatic heterocycles. The van der Waals surface area contributed by atoms with Gasteiger partial charge in [-0.15, -0.1) is 0 Å². The van der Waals surface area contributed by atoms with E-state index < -0.39 is 31.2 Å². The SMILES string of the molecule is Nc1nccc2c1ncn2[C@@H]1O[C@H](CO)C(F)[C@@H]1O. The van der Waals surface area contributed by atoms with Gasteiger partial charge >= 0.3 is 0 Å². The molecule has 0 spiro atoms. The number of ether oxygens (including phenoxy) is 1. The van der Waals surface area contributed by atoms with E-state index in [1.54, 1.807) is 6.07 Å². The smallest absolute Gasteiger partial charge is 0.164 e. The highest BCUT2D eigenvalue weighted by Gasteiger charge is 2.45. The lowest BCUT2D eigenvalue weighted by atomic mass is 10.1. The number of anilines is 1. The second-order valence-electron chi connectivity index (χ2n) is 4.40. The summed E-state index contributed by atoms with van der Waals surface area (Å²) < 4.78 is 20.5. The summed E-state index contributed by atoms with van der Waals surface area (Å²) in [6, 6.07) is 1.65. The number of halogens is 1. The maximum atomic E-state index is 13.7. The van der Waals surface area contributed by atoms with E-state index in [1.165, 1.54) is 17.1 Å². The Morgan fingerprint density at radius 2 is 2.26 bits per heavy atom. The molecule has 0 aromatic carbocycles. The first-order chi connectivity index (χ1) is 9.13. The Labute approximate surface area is 107 Å². The van der Waals surface area contributed by atoms with Gasteiger partial charge in [-0.1, -0.05) is 0 Å². The van der Waals surface area contributed by atoms with Crippen molar-refractivity contribution in [2.75, 3.05) is 12.3 Å². The Morgan fingerprint density at radius 1 is 1.47 bits per heavy atom. The number of aromatic nitrogens is 3. The highest BCUT2D eigenvalue weighted by atomic mass is 19.1. The monoisotopic (exact) mass is 268 g/mol. The standard InChI is InChI=1S/C11H13FN4O3/c12-7-6(3-17)19-11(9(7)18)16-4-15-8-5(16)1-2-14-10(8)13/h1-2,4,6-7,9,11,17-18H,3H2,(H2,13,14)/t6-,7?,9+,11-/m1/s1. The van der Waals surface area contributed by atoms with E-state index in [4.69, 9.17) is 15.6 Å². The number of nitrogens with two attached hydrogens (primary N) is 1. The molecule has 0 radical (unpaired) electrons. The van der Waals surface area contributed by atoms with E-state index in [2.05, 4.69) is 9.97 Å². The van der Waals surface area contributed by atoms with Crippen molar-refractivity contribution in [2.45, 2.75) is 24.6 Å². The molecular weight excluding hydrogens is 255 g/mol. The summed E-state index contributed by atoms with van der Waals surface area (Å²) in [5, 5.41) is 18.8. The van der Waals surface area contributed by atoms with Crippen molar-refractivity contribution >= 4 is 16.9 Å². The number of imidazole rings is 1. The van der Waals surface area contributed by atoms with Crippen molar-refractivity contribution in [1.29, 1.82) is 0 Å². The average Bonchev–Trinajstić information content (AvgIpc) is 2.94. The van der Waals surface area contributed by atoms with Crippen LogP contribution in [0.25, 0.3) is 11.0 Å². The molecule has 1 aliphatic heterocycles. The molecule has 1 unspecified atom stereocenters. The van der Waals surface area contributed by atoms with Crippen LogP contribution in [0.5, 0.6) is 0 Å². The minimum absolute atomic E-state index is 0.249. The van der Waals surface area contributed by atoms with Crippen molar-refractivity contribution in [1.82, 2.24) is 14.5 Å². The minimum Gasteiger partial charge on any atom is -0.394 e. The molecule has 7 nitrogen and oxygen atoms in total. The van der Waals surface area contributed by atoms with Crippen LogP contribution in [0.2, 0.25) is 0 Å². The number of pyridine rings is 1. The number of alkyl halides is 1. The van der Waals surface area contributed by atoms with Gasteiger partial charge in [0.25, 0.3) is 0 Å². The molecule has 2 aromatic rings. The predicted octanol–water partition coefficient (Wildman–Crippen LogP) is -0.398. The highest BCUT2D eigenvalue weighted by Crippen LogP contribution is 2.33. The topological polar surface area (TPSA) is 106 Å². The molecule has 3 rings (SSSR count). The summed E-state index contributed by atoms with van der Waals surface area (Å²) in [5.41, 5.74) is 6.72. The van der Waals surface area contributed by atoms with Gasteiger partial charge in [0.1, 0.15) is 17.7 Å². The number of aliphatic hydroxyl groups is 2. The molecule has 4 atom stereocenters. The number of fused-ring (bicyclic) bond motifs is 1. The van der Waals surface area contributed by atoms with Crippen LogP contribution in [0.4, 0.5) is 10.2 Å². The molecule has 0 bridgehead atoms. The quantitative estimate of drug-likeness (QED) is 0.684. The first kappa shape index (κ1) is 12.3. The minimum atomic E-state index is -1.65. The molecule has 1 fully saturated rings. The molecule has 19 heavy (non-hydrogen) atoms. The first-order valence-electron chi connectivity index (χ1n) is 5.79. The van der Waals surface area contributed by atoms with Crippen LogP contribution < -0.4 is 5.73 Å². The lowest BCUT2D eigenvalue weighted by molar-refractivity contribution is -0.0493. The maximum Gasteiger partial charge on any atom is 0.164 e. The zero-order valence-electron chi connectivity index (χ0n) is 9.85. The fraction of sp³-hybridized carbons (Fsp3) is 0.455. The molecule has 3 heterocycles. The number of nitrogen functional groups attached to an aromatic ring is 1. The van der Waals surface area contributed by atoms with E-state index in [-0.39, 0.29) is 5.82 Å². The third-order valence-corrected chi connectivity index (χ3v) is 3.26. The maximum absolute atomic E-state index is 13.7. The van der Waals surface area contributed by atoms with Crippen LogP contribution >= 0.6 is 0 Å². The molecule has 4 N–H and O–H groups in total. The lowest BCUT2D eigenvalue weighted by Crippen LogP contribution is -2.29. The zero-order valence-corrected chi connectivity index (χ0v) is 9.85. The number of hydrogen-bond acceptors (Lipinski definition) is 6. The van der Waals surface area contributed by atoms with Crippen molar-refractivity contribution < 1.29 is 19.3 Å². The Hall–Kier alpha value is -1.77. The number of rotatable bonds is 2. The van der Waals surface area contributed by atoms with E-state index in [0.717, 1.165) is 0 Å². The zero-order chi connectivity index (χ0) is 13.6. The van der Waals surface area contributed by atoms with E-state index in [1.807, 2.05) is 0 Å². The molecule has 8 heteroatoms. The number of nitrogens with zero attached hydrogens (tertiary/aromatic N) is 3. The third-order valence-electron chi connectivity index (χ3n) is 3.26. The summed E-state index contributed by atoms with van der Waals surface area (Å²) in [6.45, 7) is -0.495. The first-order valence-corrected chi connectivity index (χ1v) is 5.79. The number of hydrogen-bond donors (Lipinski definition) is 3. The normalized spacial score (nSPS) is 31.1. The average molecular weight is 268 g/mol. The summed E-state index contributed by atoms with van der Waals surface area (Å²) in [5.74, 6) is 0.249. The summed E-state index contributed by atoms with van der Waals surface area (Å²) in [4.78, 5) is 7.97. The van der Waals surface area contributed by atoms with Gasteiger partial charge in [-0.05, 0) is 6.07 Å². The van der Waals surface area contributed by atoms with Crippen LogP contribution in [0.3, 0.4) is 0 Å². The molecule has 0 aliphatic carbocycles. The van der Waals surface area contributed by atoms with Crippen LogP contribution in [-0.2, 0) is 4.74 Å². The number of aliphatic hydroxyl groups excluding tert-OH is 2. The second kappa shape index (κ2) is 4.41. The fourth-order valence-corrected chi connectivity index (χ4v) is 2.27.